The number of nitrogens with two attached hydrogens (primary N) is 1. The number of rotatable bonds is 11. The van der Waals surface area contributed by atoms with Gasteiger partial charge in [-0.15, -0.1) is 11.3 Å². The SMILES string of the molecule is C[C@@H](c1ccccc1)N(Cc1ccccc1)C(=O)CN(CCc1ccccn1)C(=O)c1ccc(-c2csc(N)n2)cc1. The fourth-order valence-corrected chi connectivity index (χ4v) is 5.39. The Hall–Kier alpha value is -4.82. The first-order valence-electron chi connectivity index (χ1n) is 13.9. The first kappa shape index (κ1) is 28.7. The van der Waals surface area contributed by atoms with Crippen LogP contribution < -0.4 is 5.73 Å². The highest BCUT2D eigenvalue weighted by Crippen LogP contribution is 2.25. The summed E-state index contributed by atoms with van der Waals surface area (Å²) >= 11 is 1.37. The van der Waals surface area contributed by atoms with Gasteiger partial charge >= 0.3 is 0 Å². The maximum absolute atomic E-state index is 14.1. The van der Waals surface area contributed by atoms with Crippen molar-refractivity contribution in [2.75, 3.05) is 18.8 Å². The molecular weight excluding hydrogens is 542 g/mol. The number of hydrogen-bond acceptors (Lipinski definition) is 6. The van der Waals surface area contributed by atoms with Gasteiger partial charge in [-0.1, -0.05) is 78.9 Å². The average Bonchev–Trinajstić information content (AvgIpc) is 3.48. The molecule has 0 saturated heterocycles. The van der Waals surface area contributed by atoms with Gasteiger partial charge in [0.05, 0.1) is 11.7 Å². The van der Waals surface area contributed by atoms with Crippen molar-refractivity contribution in [3.8, 4) is 11.3 Å². The minimum Gasteiger partial charge on any atom is -0.375 e. The van der Waals surface area contributed by atoms with Gasteiger partial charge in [0.25, 0.3) is 5.91 Å². The van der Waals surface area contributed by atoms with Crippen molar-refractivity contribution in [2.24, 2.45) is 0 Å². The second-order valence-electron chi connectivity index (χ2n) is 10.0. The Bertz CT molecular complexity index is 1590. The van der Waals surface area contributed by atoms with Gasteiger partial charge in [-0.3, -0.25) is 14.6 Å². The molecule has 7 nitrogen and oxygen atoms in total. The quantitative estimate of drug-likeness (QED) is 0.201. The lowest BCUT2D eigenvalue weighted by Gasteiger charge is -2.32. The highest BCUT2D eigenvalue weighted by Gasteiger charge is 2.26. The zero-order valence-corrected chi connectivity index (χ0v) is 24.3. The van der Waals surface area contributed by atoms with Crippen molar-refractivity contribution in [2.45, 2.75) is 25.9 Å². The molecular formula is C34H33N5O2S. The van der Waals surface area contributed by atoms with Crippen LogP contribution in [0.2, 0.25) is 0 Å². The smallest absolute Gasteiger partial charge is 0.254 e. The fraction of sp³-hybridized carbons (Fsp3) is 0.176. The van der Waals surface area contributed by atoms with E-state index in [1.54, 1.807) is 23.2 Å². The topological polar surface area (TPSA) is 92.4 Å². The lowest BCUT2D eigenvalue weighted by atomic mass is 10.1. The van der Waals surface area contributed by atoms with Crippen molar-refractivity contribution in [3.63, 3.8) is 0 Å². The minimum atomic E-state index is -0.212. The van der Waals surface area contributed by atoms with Crippen LogP contribution in [0.3, 0.4) is 0 Å². The first-order valence-corrected chi connectivity index (χ1v) is 14.7. The molecule has 0 aliphatic rings. The maximum Gasteiger partial charge on any atom is 0.254 e. The molecule has 3 aromatic carbocycles. The molecule has 0 saturated carbocycles. The van der Waals surface area contributed by atoms with Crippen molar-refractivity contribution in [1.29, 1.82) is 0 Å². The zero-order valence-electron chi connectivity index (χ0n) is 23.5. The Morgan fingerprint density at radius 3 is 2.21 bits per heavy atom. The molecule has 0 aliphatic carbocycles. The standard InChI is InChI=1S/C34H33N5O2S/c1-25(27-12-6-3-7-13-27)39(22-26-10-4-2-5-11-26)32(40)23-38(21-19-30-14-8-9-20-36-30)33(41)29-17-15-28(16-18-29)31-24-42-34(35)37-31/h2-18,20,24-25H,19,21-23H2,1H3,(H2,35,37)/t25-/m0/s1. The molecule has 8 heteroatoms. The van der Waals surface area contributed by atoms with E-state index in [1.165, 1.54) is 11.3 Å². The number of carbonyl (C=O) groups excluding carboxylic acids is 2. The van der Waals surface area contributed by atoms with Gasteiger partial charge in [0, 0.05) is 47.9 Å². The van der Waals surface area contributed by atoms with Crippen molar-refractivity contribution in [1.82, 2.24) is 19.8 Å². The molecule has 5 rings (SSSR count). The molecule has 0 radical (unpaired) electrons. The molecule has 212 valence electrons. The van der Waals surface area contributed by atoms with Crippen molar-refractivity contribution in [3.05, 3.63) is 137 Å². The van der Waals surface area contributed by atoms with Crippen molar-refractivity contribution < 1.29 is 9.59 Å². The predicted molar refractivity (Wildman–Crippen MR) is 168 cm³/mol. The van der Waals surface area contributed by atoms with E-state index in [0.29, 0.717) is 30.2 Å². The summed E-state index contributed by atoms with van der Waals surface area (Å²) < 4.78 is 0. The van der Waals surface area contributed by atoms with Crippen LogP contribution in [-0.2, 0) is 17.8 Å². The number of nitrogens with zero attached hydrogens (tertiary/aromatic N) is 4. The fourth-order valence-electron chi connectivity index (χ4n) is 4.82. The summed E-state index contributed by atoms with van der Waals surface area (Å²) in [6, 6.07) is 32.7. The van der Waals surface area contributed by atoms with Crippen molar-refractivity contribution >= 4 is 28.3 Å². The molecule has 42 heavy (non-hydrogen) atoms. The molecule has 0 bridgehead atoms. The number of pyridine rings is 1. The van der Waals surface area contributed by atoms with Gasteiger partial charge in [0.2, 0.25) is 5.91 Å². The van der Waals surface area contributed by atoms with Crippen LogP contribution in [-0.4, -0.2) is 44.7 Å². The minimum absolute atomic E-state index is 0.0555. The predicted octanol–water partition coefficient (Wildman–Crippen LogP) is 6.26. The summed E-state index contributed by atoms with van der Waals surface area (Å²) in [6.45, 7) is 2.76. The Balaban J connectivity index is 1.40. The molecule has 2 N–H and O–H groups in total. The summed E-state index contributed by atoms with van der Waals surface area (Å²) in [4.78, 5) is 40.2. The Morgan fingerprint density at radius 1 is 0.881 bits per heavy atom. The molecule has 2 heterocycles. The number of anilines is 1. The van der Waals surface area contributed by atoms with Gasteiger partial charge in [0.15, 0.2) is 5.13 Å². The summed E-state index contributed by atoms with van der Waals surface area (Å²) in [7, 11) is 0. The molecule has 0 unspecified atom stereocenters. The van der Waals surface area contributed by atoms with E-state index in [9.17, 15) is 9.59 Å². The number of carbonyl (C=O) groups is 2. The summed E-state index contributed by atoms with van der Waals surface area (Å²) in [5.74, 6) is -0.338. The van der Waals surface area contributed by atoms with E-state index in [2.05, 4.69) is 9.97 Å². The van der Waals surface area contributed by atoms with Gasteiger partial charge in [-0.2, -0.15) is 0 Å². The summed E-state index contributed by atoms with van der Waals surface area (Å²) in [5.41, 5.74) is 10.9. The number of hydrogen-bond donors (Lipinski definition) is 1. The Kier molecular flexibility index (Phi) is 9.36. The lowest BCUT2D eigenvalue weighted by molar-refractivity contribution is -0.134. The van der Waals surface area contributed by atoms with Crippen LogP contribution in [0.15, 0.2) is 115 Å². The van der Waals surface area contributed by atoms with Gasteiger partial charge in [-0.05, 0) is 42.3 Å². The number of thiazole rings is 1. The van der Waals surface area contributed by atoms with Crippen LogP contribution in [0.25, 0.3) is 11.3 Å². The normalized spacial score (nSPS) is 11.5. The van der Waals surface area contributed by atoms with Crippen LogP contribution in [0, 0.1) is 0 Å². The number of benzene rings is 3. The van der Waals surface area contributed by atoms with Gasteiger partial charge in [0.1, 0.15) is 6.54 Å². The lowest BCUT2D eigenvalue weighted by Crippen LogP contribution is -2.44. The Labute approximate surface area is 250 Å². The van der Waals surface area contributed by atoms with E-state index in [0.717, 1.165) is 28.1 Å². The monoisotopic (exact) mass is 575 g/mol. The zero-order chi connectivity index (χ0) is 29.3. The molecule has 2 aromatic heterocycles. The van der Waals surface area contributed by atoms with E-state index < -0.39 is 0 Å². The van der Waals surface area contributed by atoms with Crippen LogP contribution in [0.4, 0.5) is 5.13 Å². The molecule has 0 fully saturated rings. The van der Waals surface area contributed by atoms with Crippen LogP contribution in [0.5, 0.6) is 0 Å². The third-order valence-electron chi connectivity index (χ3n) is 7.19. The second-order valence-corrected chi connectivity index (χ2v) is 10.9. The summed E-state index contributed by atoms with van der Waals surface area (Å²) in [5, 5.41) is 2.38. The van der Waals surface area contributed by atoms with E-state index in [1.807, 2.05) is 108 Å². The molecule has 0 aliphatic heterocycles. The van der Waals surface area contributed by atoms with E-state index >= 15 is 0 Å². The maximum atomic E-state index is 14.1. The second kappa shape index (κ2) is 13.7. The third-order valence-corrected chi connectivity index (χ3v) is 7.87. The highest BCUT2D eigenvalue weighted by molar-refractivity contribution is 7.13. The molecule has 2 amide bonds. The first-order chi connectivity index (χ1) is 20.5. The van der Waals surface area contributed by atoms with Crippen LogP contribution >= 0.6 is 11.3 Å². The van der Waals surface area contributed by atoms with E-state index in [-0.39, 0.29) is 24.4 Å². The van der Waals surface area contributed by atoms with Crippen LogP contribution in [0.1, 0.15) is 40.1 Å². The highest BCUT2D eigenvalue weighted by atomic mass is 32.1. The third kappa shape index (κ3) is 7.27. The number of nitrogen functional groups attached to an aromatic ring is 1. The Morgan fingerprint density at radius 2 is 1.57 bits per heavy atom. The molecule has 0 spiro atoms. The molecule has 5 aromatic rings. The number of amides is 2. The average molecular weight is 576 g/mol. The number of aromatic nitrogens is 2. The summed E-state index contributed by atoms with van der Waals surface area (Å²) in [6.07, 6.45) is 2.27. The largest absolute Gasteiger partial charge is 0.375 e. The van der Waals surface area contributed by atoms with Gasteiger partial charge in [-0.25, -0.2) is 4.98 Å². The molecule has 1 atom stereocenters. The van der Waals surface area contributed by atoms with E-state index in [4.69, 9.17) is 5.73 Å². The van der Waals surface area contributed by atoms with Gasteiger partial charge < -0.3 is 15.5 Å².